The largest absolute Gasteiger partial charge is 0.192 e. The maximum absolute atomic E-state index is 3.16. The molecular formula is C3H6S. The van der Waals surface area contributed by atoms with Crippen molar-refractivity contribution in [2.75, 3.05) is 12.0 Å². The van der Waals surface area contributed by atoms with Gasteiger partial charge in [0.2, 0.25) is 0 Å². The summed E-state index contributed by atoms with van der Waals surface area (Å²) in [5, 5.41) is 3.16. The van der Waals surface area contributed by atoms with E-state index in [0.29, 0.717) is 10.3 Å². The molecule has 1 atom stereocenters. The van der Waals surface area contributed by atoms with Crippen LogP contribution in [-0.2, 0) is 0 Å². The second kappa shape index (κ2) is 0.540. The lowest BCUT2D eigenvalue weighted by molar-refractivity contribution is 2.08. The molecule has 0 nitrogen and oxygen atoms in total. The molecule has 0 aromatic carbocycles. The van der Waals surface area contributed by atoms with E-state index in [2.05, 4.69) is 11.4 Å². The van der Waals surface area contributed by atoms with Crippen molar-refractivity contribution < 1.29 is 0 Å². The molecule has 1 rings (SSSR count). The second-order valence-corrected chi connectivity index (χ2v) is 3.04. The molecule has 0 aromatic heterocycles. The Kier molecular flexibility index (Phi) is 0.320. The standard InChI is InChI=1S/C3H6S/c1-4-2-3-4/h4H,2H2,1H3. The molecule has 4 heavy (non-hydrogen) atoms. The van der Waals surface area contributed by atoms with Crippen molar-refractivity contribution in [2.24, 2.45) is 0 Å². The molecule has 1 heterocycles. The smallest absolute Gasteiger partial charge is 0.0426 e. The predicted octanol–water partition coefficient (Wildman–Crippen LogP) is 0.590. The first-order chi connectivity index (χ1) is 1.89. The van der Waals surface area contributed by atoms with Crippen molar-refractivity contribution in [3.8, 4) is 5.18 Å². The molecule has 0 aromatic rings. The number of rotatable bonds is 0. The molecule has 0 bridgehead atoms. The summed E-state index contributed by atoms with van der Waals surface area (Å²) in [6.45, 7) is 0. The van der Waals surface area contributed by atoms with Crippen LogP contribution in [0.5, 0.6) is 0 Å². The van der Waals surface area contributed by atoms with Gasteiger partial charge in [-0.05, 0) is 6.26 Å². The molecule has 0 aliphatic carbocycles. The van der Waals surface area contributed by atoms with Gasteiger partial charge in [-0.1, -0.05) is 0 Å². The number of thiol groups is 1. The first-order valence-electron chi connectivity index (χ1n) is 1.34. The van der Waals surface area contributed by atoms with E-state index in [-0.39, 0.29) is 0 Å². The lowest BCUT2D eigenvalue weighted by Gasteiger charge is -1.51. The molecule has 0 saturated heterocycles. The van der Waals surface area contributed by atoms with Gasteiger partial charge in [-0.25, -0.2) is 0 Å². The molecule has 0 radical (unpaired) electrons. The Labute approximate surface area is 28.4 Å². The van der Waals surface area contributed by atoms with Crippen molar-refractivity contribution in [1.82, 2.24) is 0 Å². The van der Waals surface area contributed by atoms with Crippen LogP contribution >= 0.6 is 10.3 Å². The van der Waals surface area contributed by atoms with Crippen LogP contribution in [0.25, 0.3) is 0 Å². The summed E-state index contributed by atoms with van der Waals surface area (Å²) in [7, 11) is 0.380. The van der Waals surface area contributed by atoms with Gasteiger partial charge in [0.15, 0.2) is 0 Å². The predicted molar refractivity (Wildman–Crippen MR) is 23.7 cm³/mol. The van der Waals surface area contributed by atoms with Crippen LogP contribution in [0.1, 0.15) is 0 Å². The summed E-state index contributed by atoms with van der Waals surface area (Å²) in [6.07, 6.45) is 2.23. The summed E-state index contributed by atoms with van der Waals surface area (Å²) in [5.41, 5.74) is 0. The topological polar surface area (TPSA) is 0 Å². The van der Waals surface area contributed by atoms with Gasteiger partial charge in [0.05, 0.1) is 0 Å². The van der Waals surface area contributed by atoms with Crippen molar-refractivity contribution in [1.29, 1.82) is 0 Å². The van der Waals surface area contributed by atoms with Crippen LogP contribution in [0.4, 0.5) is 0 Å². The fraction of sp³-hybridized carbons (Fsp3) is 0.667. The van der Waals surface area contributed by atoms with E-state index in [9.17, 15) is 0 Å². The van der Waals surface area contributed by atoms with Gasteiger partial charge in [0.1, 0.15) is 0 Å². The highest BCUT2D eigenvalue weighted by Crippen LogP contribution is 2.12. The van der Waals surface area contributed by atoms with E-state index >= 15 is 0 Å². The van der Waals surface area contributed by atoms with Crippen LogP contribution in [-0.4, -0.2) is 12.0 Å². The summed E-state index contributed by atoms with van der Waals surface area (Å²) in [4.78, 5) is 0. The lowest BCUT2D eigenvalue weighted by atomic mass is 11.0. The van der Waals surface area contributed by atoms with Crippen LogP contribution in [0.2, 0.25) is 0 Å². The monoisotopic (exact) mass is 74.0 g/mol. The minimum Gasteiger partial charge on any atom is -0.192 e. The van der Waals surface area contributed by atoms with Gasteiger partial charge in [-0.3, -0.25) is 0 Å². The van der Waals surface area contributed by atoms with E-state index in [1.54, 1.807) is 0 Å². The first kappa shape index (κ1) is 2.37. The minimum atomic E-state index is 0.380. The van der Waals surface area contributed by atoms with Gasteiger partial charge in [-0.15, -0.1) is 5.18 Å². The Balaban J connectivity index is 2.70. The Morgan fingerprint density at radius 2 is 2.25 bits per heavy atom. The van der Waals surface area contributed by atoms with Gasteiger partial charge in [0, 0.05) is 5.75 Å². The molecule has 1 unspecified atom stereocenters. The number of hydrogen-bond acceptors (Lipinski definition) is 0. The van der Waals surface area contributed by atoms with Gasteiger partial charge in [0.25, 0.3) is 0 Å². The van der Waals surface area contributed by atoms with E-state index in [0.717, 1.165) is 0 Å². The fourth-order valence-corrected chi connectivity index (χ4v) is 0.636. The zero-order chi connectivity index (χ0) is 2.99. The third-order valence-electron chi connectivity index (χ3n) is 0.474. The lowest BCUT2D eigenvalue weighted by Crippen LogP contribution is -1.33. The summed E-state index contributed by atoms with van der Waals surface area (Å²) < 4.78 is 0. The Morgan fingerprint density at radius 3 is 2.25 bits per heavy atom. The van der Waals surface area contributed by atoms with Crippen molar-refractivity contribution in [3.05, 3.63) is 0 Å². The van der Waals surface area contributed by atoms with Crippen LogP contribution in [0, 0.1) is 5.18 Å². The summed E-state index contributed by atoms with van der Waals surface area (Å²) in [6, 6.07) is 0. The van der Waals surface area contributed by atoms with Crippen LogP contribution < -0.4 is 0 Å². The van der Waals surface area contributed by atoms with Gasteiger partial charge in [-0.2, -0.15) is 10.3 Å². The Hall–Kier alpha value is 0.130. The van der Waals surface area contributed by atoms with E-state index in [1.165, 1.54) is 5.75 Å². The molecule has 0 fully saturated rings. The van der Waals surface area contributed by atoms with Crippen molar-refractivity contribution >= 4 is 10.3 Å². The Morgan fingerprint density at radius 1 is 2.00 bits per heavy atom. The highest BCUT2D eigenvalue weighted by Gasteiger charge is 1.83. The quantitative estimate of drug-likeness (QED) is 0.399. The summed E-state index contributed by atoms with van der Waals surface area (Å²) >= 11 is 0. The van der Waals surface area contributed by atoms with Crippen molar-refractivity contribution in [2.45, 2.75) is 0 Å². The average molecular weight is 74.1 g/mol. The highest BCUT2D eigenvalue weighted by molar-refractivity contribution is 8.11. The molecule has 1 aliphatic heterocycles. The molecular weight excluding hydrogens is 68.1 g/mol. The molecule has 0 amide bonds. The van der Waals surface area contributed by atoms with Crippen LogP contribution in [0.15, 0.2) is 0 Å². The molecule has 24 valence electrons. The zero-order valence-corrected chi connectivity index (χ0v) is 3.55. The first-order valence-corrected chi connectivity index (χ1v) is 3.31. The Bertz CT molecular complexity index is 90.8. The second-order valence-electron chi connectivity index (χ2n) is 1.01. The number of hydrogen-bond donors (Lipinski definition) is 1. The maximum atomic E-state index is 3.16. The normalized spacial score (nSPS) is 35.8. The van der Waals surface area contributed by atoms with E-state index < -0.39 is 0 Å². The minimum absolute atomic E-state index is 0.380. The molecule has 1 aliphatic rings. The van der Waals surface area contributed by atoms with Crippen LogP contribution in [0.3, 0.4) is 0 Å². The van der Waals surface area contributed by atoms with Crippen molar-refractivity contribution in [3.63, 3.8) is 0 Å². The fourth-order valence-electron chi connectivity index (χ4n) is 0.0707. The summed E-state index contributed by atoms with van der Waals surface area (Å²) in [5.74, 6) is 1.30. The maximum Gasteiger partial charge on any atom is 0.0426 e. The third-order valence-corrected chi connectivity index (χ3v) is 1.42. The average Bonchev–Trinajstić information content (AvgIpc) is 1.75. The van der Waals surface area contributed by atoms with Gasteiger partial charge >= 0.3 is 0 Å². The SMILES string of the molecule is C[SH]1#CC1. The third kappa shape index (κ3) is 0.278. The van der Waals surface area contributed by atoms with E-state index in [1.807, 2.05) is 0 Å². The molecule has 0 N–H and O–H groups in total. The highest BCUT2D eigenvalue weighted by atomic mass is 32.2. The van der Waals surface area contributed by atoms with Gasteiger partial charge < -0.3 is 0 Å². The molecule has 0 saturated carbocycles. The van der Waals surface area contributed by atoms with E-state index in [4.69, 9.17) is 0 Å². The zero-order valence-electron chi connectivity index (χ0n) is 2.65. The molecule has 0 spiro atoms. The molecule has 1 heteroatoms.